The SMILES string of the molecule is CCCNC(C)C(c1cnc2ccccc2n1)C(C)C. The van der Waals surface area contributed by atoms with E-state index in [2.05, 4.69) is 38.0 Å². The van der Waals surface area contributed by atoms with Crippen LogP contribution in [0.25, 0.3) is 11.0 Å². The summed E-state index contributed by atoms with van der Waals surface area (Å²) in [5.74, 6) is 0.920. The maximum absolute atomic E-state index is 4.82. The van der Waals surface area contributed by atoms with Gasteiger partial charge in [-0.2, -0.15) is 0 Å². The first-order valence-corrected chi connectivity index (χ1v) is 7.58. The van der Waals surface area contributed by atoms with Gasteiger partial charge in [0.15, 0.2) is 0 Å². The summed E-state index contributed by atoms with van der Waals surface area (Å²) in [5.41, 5.74) is 3.04. The number of para-hydroxylation sites is 2. The second-order valence-corrected chi connectivity index (χ2v) is 5.80. The molecular weight excluding hydrogens is 246 g/mol. The molecule has 0 radical (unpaired) electrons. The van der Waals surface area contributed by atoms with Crippen molar-refractivity contribution in [3.05, 3.63) is 36.2 Å². The van der Waals surface area contributed by atoms with Crippen LogP contribution in [-0.4, -0.2) is 22.6 Å². The van der Waals surface area contributed by atoms with Crippen LogP contribution < -0.4 is 5.32 Å². The van der Waals surface area contributed by atoms with Crippen molar-refractivity contribution in [2.24, 2.45) is 5.92 Å². The van der Waals surface area contributed by atoms with Crippen LogP contribution in [0.5, 0.6) is 0 Å². The van der Waals surface area contributed by atoms with Gasteiger partial charge in [-0.15, -0.1) is 0 Å². The van der Waals surface area contributed by atoms with Gasteiger partial charge in [-0.25, -0.2) is 4.98 Å². The summed E-state index contributed by atoms with van der Waals surface area (Å²) < 4.78 is 0. The van der Waals surface area contributed by atoms with Gasteiger partial charge in [0.25, 0.3) is 0 Å². The number of rotatable bonds is 6. The Morgan fingerprint density at radius 2 is 1.80 bits per heavy atom. The smallest absolute Gasteiger partial charge is 0.0890 e. The molecule has 0 bridgehead atoms. The number of hydrogen-bond donors (Lipinski definition) is 1. The summed E-state index contributed by atoms with van der Waals surface area (Å²) in [4.78, 5) is 9.38. The first kappa shape index (κ1) is 14.9. The highest BCUT2D eigenvalue weighted by Gasteiger charge is 2.24. The predicted octanol–water partition coefficient (Wildman–Crippen LogP) is 3.76. The highest BCUT2D eigenvalue weighted by molar-refractivity contribution is 5.73. The largest absolute Gasteiger partial charge is 0.314 e. The van der Waals surface area contributed by atoms with Crippen LogP contribution in [0.1, 0.15) is 45.7 Å². The fraction of sp³-hybridized carbons (Fsp3) is 0.529. The van der Waals surface area contributed by atoms with Gasteiger partial charge in [0.2, 0.25) is 0 Å². The van der Waals surface area contributed by atoms with E-state index in [1.165, 1.54) is 0 Å². The maximum atomic E-state index is 4.82. The Morgan fingerprint density at radius 3 is 2.45 bits per heavy atom. The van der Waals surface area contributed by atoms with Gasteiger partial charge in [0.05, 0.1) is 16.7 Å². The van der Waals surface area contributed by atoms with Crippen molar-refractivity contribution in [2.45, 2.75) is 46.1 Å². The van der Waals surface area contributed by atoms with Crippen LogP contribution in [0.3, 0.4) is 0 Å². The summed E-state index contributed by atoms with van der Waals surface area (Å²) in [6, 6.07) is 8.47. The summed E-state index contributed by atoms with van der Waals surface area (Å²) in [6.45, 7) is 10.00. The van der Waals surface area contributed by atoms with Crippen LogP contribution in [0.4, 0.5) is 0 Å². The van der Waals surface area contributed by atoms with Crippen LogP contribution in [-0.2, 0) is 0 Å². The van der Waals surface area contributed by atoms with Crippen LogP contribution in [0.15, 0.2) is 30.5 Å². The lowest BCUT2D eigenvalue weighted by Gasteiger charge is -2.27. The molecular formula is C17H25N3. The molecule has 2 aromatic rings. The molecule has 3 heteroatoms. The molecule has 20 heavy (non-hydrogen) atoms. The van der Waals surface area contributed by atoms with Gasteiger partial charge in [-0.3, -0.25) is 4.98 Å². The zero-order valence-corrected chi connectivity index (χ0v) is 12.9. The zero-order chi connectivity index (χ0) is 14.5. The Hall–Kier alpha value is -1.48. The Morgan fingerprint density at radius 1 is 1.10 bits per heavy atom. The van der Waals surface area contributed by atoms with Gasteiger partial charge >= 0.3 is 0 Å². The monoisotopic (exact) mass is 271 g/mol. The average molecular weight is 271 g/mol. The van der Waals surface area contributed by atoms with Gasteiger partial charge in [-0.05, 0) is 37.9 Å². The van der Waals surface area contributed by atoms with E-state index < -0.39 is 0 Å². The van der Waals surface area contributed by atoms with Crippen molar-refractivity contribution < 1.29 is 0 Å². The van der Waals surface area contributed by atoms with Crippen molar-refractivity contribution in [1.82, 2.24) is 15.3 Å². The van der Waals surface area contributed by atoms with Gasteiger partial charge in [0.1, 0.15) is 0 Å². The molecule has 2 atom stereocenters. The summed E-state index contributed by atoms with van der Waals surface area (Å²) in [6.07, 6.45) is 3.09. The molecule has 0 fully saturated rings. The fourth-order valence-electron chi connectivity index (χ4n) is 2.81. The molecule has 108 valence electrons. The second-order valence-electron chi connectivity index (χ2n) is 5.80. The van der Waals surface area contributed by atoms with Crippen molar-refractivity contribution >= 4 is 11.0 Å². The summed E-state index contributed by atoms with van der Waals surface area (Å²) in [7, 11) is 0. The highest BCUT2D eigenvalue weighted by atomic mass is 14.9. The maximum Gasteiger partial charge on any atom is 0.0890 e. The fourth-order valence-corrected chi connectivity index (χ4v) is 2.81. The third-order valence-electron chi connectivity index (χ3n) is 3.78. The lowest BCUT2D eigenvalue weighted by Crippen LogP contribution is -2.35. The molecule has 3 nitrogen and oxygen atoms in total. The Balaban J connectivity index is 2.31. The summed E-state index contributed by atoms with van der Waals surface area (Å²) in [5, 5.41) is 3.59. The lowest BCUT2D eigenvalue weighted by molar-refractivity contribution is 0.371. The van der Waals surface area contributed by atoms with Crippen LogP contribution >= 0.6 is 0 Å². The Kier molecular flexibility index (Phi) is 5.07. The van der Waals surface area contributed by atoms with E-state index in [0.717, 1.165) is 29.7 Å². The minimum Gasteiger partial charge on any atom is -0.314 e. The molecule has 0 spiro atoms. The Bertz CT molecular complexity index is 551. The van der Waals surface area contributed by atoms with Crippen LogP contribution in [0.2, 0.25) is 0 Å². The number of hydrogen-bond acceptors (Lipinski definition) is 3. The minimum atomic E-state index is 0.388. The number of nitrogens with zero attached hydrogens (tertiary/aromatic N) is 2. The van der Waals surface area contributed by atoms with Crippen molar-refractivity contribution in [1.29, 1.82) is 0 Å². The lowest BCUT2D eigenvalue weighted by atomic mass is 9.86. The molecule has 0 aliphatic heterocycles. The first-order valence-electron chi connectivity index (χ1n) is 7.58. The number of nitrogens with one attached hydrogen (secondary N) is 1. The van der Waals surface area contributed by atoms with Crippen molar-refractivity contribution in [3.8, 4) is 0 Å². The molecule has 2 rings (SSSR count). The van der Waals surface area contributed by atoms with Crippen LogP contribution in [0, 0.1) is 5.92 Å². The molecule has 0 aliphatic carbocycles. The van der Waals surface area contributed by atoms with Crippen molar-refractivity contribution in [2.75, 3.05) is 6.54 Å². The van der Waals surface area contributed by atoms with E-state index in [-0.39, 0.29) is 0 Å². The van der Waals surface area contributed by atoms with E-state index in [1.807, 2.05) is 30.5 Å². The normalized spacial score (nSPS) is 14.7. The van der Waals surface area contributed by atoms with Gasteiger partial charge in [0, 0.05) is 18.2 Å². The molecule has 1 N–H and O–H groups in total. The topological polar surface area (TPSA) is 37.8 Å². The minimum absolute atomic E-state index is 0.388. The number of benzene rings is 1. The summed E-state index contributed by atoms with van der Waals surface area (Å²) >= 11 is 0. The third kappa shape index (κ3) is 3.34. The van der Waals surface area contributed by atoms with Gasteiger partial charge in [-0.1, -0.05) is 32.9 Å². The molecule has 0 amide bonds. The number of fused-ring (bicyclic) bond motifs is 1. The van der Waals surface area contributed by atoms with E-state index >= 15 is 0 Å². The second kappa shape index (κ2) is 6.80. The average Bonchev–Trinajstić information content (AvgIpc) is 2.44. The predicted molar refractivity (Wildman–Crippen MR) is 84.9 cm³/mol. The molecule has 1 aromatic carbocycles. The quantitative estimate of drug-likeness (QED) is 0.869. The molecule has 0 saturated heterocycles. The molecule has 1 aromatic heterocycles. The molecule has 0 aliphatic rings. The molecule has 2 unspecified atom stereocenters. The van der Waals surface area contributed by atoms with Crippen molar-refractivity contribution in [3.63, 3.8) is 0 Å². The molecule has 0 saturated carbocycles. The van der Waals surface area contributed by atoms with Gasteiger partial charge < -0.3 is 5.32 Å². The number of aromatic nitrogens is 2. The third-order valence-corrected chi connectivity index (χ3v) is 3.78. The highest BCUT2D eigenvalue weighted by Crippen LogP contribution is 2.27. The van der Waals surface area contributed by atoms with E-state index in [0.29, 0.717) is 17.9 Å². The standard InChI is InChI=1S/C17H25N3/c1-5-10-18-13(4)17(12(2)3)16-11-19-14-8-6-7-9-15(14)20-16/h6-9,11-13,17-18H,5,10H2,1-4H3. The first-order chi connectivity index (χ1) is 9.63. The van der Waals surface area contributed by atoms with E-state index in [9.17, 15) is 0 Å². The molecule has 1 heterocycles. The Labute approximate surface area is 121 Å². The van der Waals surface area contributed by atoms with E-state index in [1.54, 1.807) is 0 Å². The van der Waals surface area contributed by atoms with E-state index in [4.69, 9.17) is 4.98 Å². The zero-order valence-electron chi connectivity index (χ0n) is 12.9.